The van der Waals surface area contributed by atoms with Crippen molar-refractivity contribution in [3.63, 3.8) is 0 Å². The Morgan fingerprint density at radius 1 is 1.12 bits per heavy atom. The molecule has 2 aliphatic rings. The molecule has 0 amide bonds. The average Bonchev–Trinajstić information content (AvgIpc) is 2.83. The second-order valence-corrected chi connectivity index (χ2v) is 6.73. The Kier molecular flexibility index (Phi) is 4.98. The van der Waals surface area contributed by atoms with Crippen LogP contribution < -0.4 is 5.73 Å². The van der Waals surface area contributed by atoms with Crippen molar-refractivity contribution in [2.45, 2.75) is 38.1 Å². The van der Waals surface area contributed by atoms with Gasteiger partial charge in [0.15, 0.2) is 0 Å². The van der Waals surface area contributed by atoms with Crippen LogP contribution in [0.15, 0.2) is 0 Å². The van der Waals surface area contributed by atoms with E-state index in [1.165, 1.54) is 50.2 Å². The second kappa shape index (κ2) is 6.27. The van der Waals surface area contributed by atoms with E-state index in [4.69, 9.17) is 5.73 Å². The summed E-state index contributed by atoms with van der Waals surface area (Å²) >= 11 is 2.12. The summed E-state index contributed by atoms with van der Waals surface area (Å²) in [7, 11) is 2.32. The van der Waals surface area contributed by atoms with E-state index in [9.17, 15) is 0 Å². The monoisotopic (exact) mass is 242 g/mol. The molecule has 2 fully saturated rings. The first-order chi connectivity index (χ1) is 7.79. The van der Waals surface area contributed by atoms with E-state index < -0.39 is 0 Å². The molecule has 0 aromatic rings. The minimum Gasteiger partial charge on any atom is -0.330 e. The summed E-state index contributed by atoms with van der Waals surface area (Å²) in [5.74, 6) is 4.49. The minimum atomic E-state index is 0.823. The first-order valence-corrected chi connectivity index (χ1v) is 7.93. The predicted molar refractivity (Wildman–Crippen MR) is 72.9 cm³/mol. The summed E-state index contributed by atoms with van der Waals surface area (Å²) in [6.45, 7) is 2.23. The summed E-state index contributed by atoms with van der Waals surface area (Å²) in [5.41, 5.74) is 5.74. The number of thioether (sulfide) groups is 1. The SMILES string of the molecule is CN(CC1CCC(CN)CC1)C1CCSC1. The van der Waals surface area contributed by atoms with Crippen LogP contribution in [0.5, 0.6) is 0 Å². The van der Waals surface area contributed by atoms with Crippen LogP contribution in [-0.2, 0) is 0 Å². The highest BCUT2D eigenvalue weighted by atomic mass is 32.2. The van der Waals surface area contributed by atoms with Crippen LogP contribution in [0.4, 0.5) is 0 Å². The first kappa shape index (κ1) is 12.7. The number of nitrogens with zero attached hydrogens (tertiary/aromatic N) is 1. The first-order valence-electron chi connectivity index (χ1n) is 6.77. The van der Waals surface area contributed by atoms with Crippen molar-refractivity contribution >= 4 is 11.8 Å². The van der Waals surface area contributed by atoms with Gasteiger partial charge < -0.3 is 10.6 Å². The number of hydrogen-bond donors (Lipinski definition) is 1. The van der Waals surface area contributed by atoms with Crippen molar-refractivity contribution in [3.8, 4) is 0 Å². The highest BCUT2D eigenvalue weighted by Crippen LogP contribution is 2.30. The molecule has 94 valence electrons. The molecule has 1 aliphatic carbocycles. The van der Waals surface area contributed by atoms with Gasteiger partial charge in [-0.2, -0.15) is 11.8 Å². The Labute approximate surface area is 104 Å². The molecule has 0 bridgehead atoms. The maximum atomic E-state index is 5.74. The lowest BCUT2D eigenvalue weighted by Crippen LogP contribution is -2.37. The molecular weight excluding hydrogens is 216 g/mol. The predicted octanol–water partition coefficient (Wildman–Crippen LogP) is 2.19. The normalized spacial score (nSPS) is 35.8. The van der Waals surface area contributed by atoms with Gasteiger partial charge in [0.1, 0.15) is 0 Å². The van der Waals surface area contributed by atoms with Crippen molar-refractivity contribution in [3.05, 3.63) is 0 Å². The highest BCUT2D eigenvalue weighted by Gasteiger charge is 2.25. The van der Waals surface area contributed by atoms with Gasteiger partial charge in [-0.25, -0.2) is 0 Å². The quantitative estimate of drug-likeness (QED) is 0.819. The smallest absolute Gasteiger partial charge is 0.0191 e. The third-order valence-corrected chi connectivity index (χ3v) is 5.52. The molecule has 0 spiro atoms. The minimum absolute atomic E-state index is 0.823. The third kappa shape index (κ3) is 3.38. The molecular formula is C13H26N2S. The molecule has 1 atom stereocenters. The summed E-state index contributed by atoms with van der Waals surface area (Å²) in [5, 5.41) is 0. The van der Waals surface area contributed by atoms with Crippen molar-refractivity contribution in [2.75, 3.05) is 31.6 Å². The van der Waals surface area contributed by atoms with E-state index in [1.54, 1.807) is 0 Å². The molecule has 0 radical (unpaired) electrons. The summed E-state index contributed by atoms with van der Waals surface area (Å²) < 4.78 is 0. The van der Waals surface area contributed by atoms with E-state index in [0.29, 0.717) is 0 Å². The molecule has 1 saturated carbocycles. The van der Waals surface area contributed by atoms with E-state index in [2.05, 4.69) is 23.7 Å². The second-order valence-electron chi connectivity index (χ2n) is 5.58. The van der Waals surface area contributed by atoms with Gasteiger partial charge in [0.05, 0.1) is 0 Å². The molecule has 0 aromatic heterocycles. The van der Waals surface area contributed by atoms with Gasteiger partial charge in [0, 0.05) is 18.3 Å². The topological polar surface area (TPSA) is 29.3 Å². The van der Waals surface area contributed by atoms with Crippen molar-refractivity contribution in [2.24, 2.45) is 17.6 Å². The largest absolute Gasteiger partial charge is 0.330 e. The lowest BCUT2D eigenvalue weighted by Gasteiger charge is -2.33. The van der Waals surface area contributed by atoms with Gasteiger partial charge in [0.25, 0.3) is 0 Å². The van der Waals surface area contributed by atoms with Gasteiger partial charge in [-0.3, -0.25) is 0 Å². The van der Waals surface area contributed by atoms with Crippen molar-refractivity contribution < 1.29 is 0 Å². The van der Waals surface area contributed by atoms with Crippen LogP contribution in [-0.4, -0.2) is 42.6 Å². The zero-order valence-corrected chi connectivity index (χ0v) is 11.3. The molecule has 1 unspecified atom stereocenters. The van der Waals surface area contributed by atoms with Gasteiger partial charge in [-0.15, -0.1) is 0 Å². The number of hydrogen-bond acceptors (Lipinski definition) is 3. The molecule has 1 saturated heterocycles. The summed E-state index contributed by atoms with van der Waals surface area (Å²) in [4.78, 5) is 2.62. The van der Waals surface area contributed by atoms with Gasteiger partial charge >= 0.3 is 0 Å². The summed E-state index contributed by atoms with van der Waals surface area (Å²) in [6.07, 6.45) is 6.96. The third-order valence-electron chi connectivity index (χ3n) is 4.37. The molecule has 3 heteroatoms. The lowest BCUT2D eigenvalue weighted by atomic mass is 9.82. The maximum absolute atomic E-state index is 5.74. The molecule has 2 rings (SSSR count). The van der Waals surface area contributed by atoms with Crippen LogP contribution in [0.1, 0.15) is 32.1 Å². The fourth-order valence-corrected chi connectivity index (χ4v) is 4.37. The Bertz CT molecular complexity index is 196. The molecule has 1 aliphatic heterocycles. The van der Waals surface area contributed by atoms with Crippen LogP contribution in [0.2, 0.25) is 0 Å². The Balaban J connectivity index is 1.69. The Morgan fingerprint density at radius 3 is 2.38 bits per heavy atom. The molecule has 2 nitrogen and oxygen atoms in total. The van der Waals surface area contributed by atoms with Crippen molar-refractivity contribution in [1.29, 1.82) is 0 Å². The molecule has 0 aromatic carbocycles. The Hall–Kier alpha value is 0.270. The standard InChI is InChI=1S/C13H26N2S/c1-15(13-6-7-16-10-13)9-12-4-2-11(8-14)3-5-12/h11-13H,2-10,14H2,1H3. The van der Waals surface area contributed by atoms with Crippen molar-refractivity contribution in [1.82, 2.24) is 4.90 Å². The van der Waals surface area contributed by atoms with Gasteiger partial charge in [-0.05, 0) is 63.3 Å². The fraction of sp³-hybridized carbons (Fsp3) is 1.00. The number of rotatable bonds is 4. The lowest BCUT2D eigenvalue weighted by molar-refractivity contribution is 0.176. The van der Waals surface area contributed by atoms with Crippen LogP contribution in [0.3, 0.4) is 0 Å². The molecule has 1 heterocycles. The highest BCUT2D eigenvalue weighted by molar-refractivity contribution is 7.99. The molecule has 2 N–H and O–H groups in total. The van der Waals surface area contributed by atoms with Crippen LogP contribution in [0, 0.1) is 11.8 Å². The van der Waals surface area contributed by atoms with Gasteiger partial charge in [-0.1, -0.05) is 0 Å². The van der Waals surface area contributed by atoms with E-state index in [-0.39, 0.29) is 0 Å². The average molecular weight is 242 g/mol. The van der Waals surface area contributed by atoms with Crippen LogP contribution >= 0.6 is 11.8 Å². The zero-order chi connectivity index (χ0) is 11.4. The number of nitrogens with two attached hydrogens (primary N) is 1. The fourth-order valence-electron chi connectivity index (χ4n) is 3.08. The zero-order valence-electron chi connectivity index (χ0n) is 10.5. The van der Waals surface area contributed by atoms with Gasteiger partial charge in [0.2, 0.25) is 0 Å². The van der Waals surface area contributed by atoms with Crippen LogP contribution in [0.25, 0.3) is 0 Å². The van der Waals surface area contributed by atoms with E-state index >= 15 is 0 Å². The summed E-state index contributed by atoms with van der Waals surface area (Å²) in [6, 6.07) is 0.859. The Morgan fingerprint density at radius 2 is 1.81 bits per heavy atom. The maximum Gasteiger partial charge on any atom is 0.0191 e. The van der Waals surface area contributed by atoms with E-state index in [1.807, 2.05) is 0 Å². The van der Waals surface area contributed by atoms with E-state index in [0.717, 1.165) is 24.4 Å². The molecule has 16 heavy (non-hydrogen) atoms.